The molecule has 2 aliphatic carbocycles. The molecule has 1 saturated heterocycles. The molecule has 0 saturated carbocycles. The number of ether oxygens (including phenoxy) is 1. The molecule has 2 heteroatoms. The first-order valence-electron chi connectivity index (χ1n) is 5.12. The lowest BCUT2D eigenvalue weighted by atomic mass is 9.70. The quantitative estimate of drug-likeness (QED) is 0.646. The summed E-state index contributed by atoms with van der Waals surface area (Å²) in [5, 5.41) is 10.0. The molecule has 2 unspecified atom stereocenters. The fourth-order valence-corrected chi connectivity index (χ4v) is 2.75. The molecule has 1 aliphatic heterocycles. The van der Waals surface area contributed by atoms with E-state index >= 15 is 0 Å². The van der Waals surface area contributed by atoms with E-state index in [-0.39, 0.29) is 0 Å². The van der Waals surface area contributed by atoms with Crippen LogP contribution < -0.4 is 0 Å². The van der Waals surface area contributed by atoms with Crippen molar-refractivity contribution in [3.8, 4) is 0 Å². The van der Waals surface area contributed by atoms with E-state index in [0.29, 0.717) is 0 Å². The van der Waals surface area contributed by atoms with Gasteiger partial charge < -0.3 is 9.84 Å². The average Bonchev–Trinajstić information content (AvgIpc) is 2.73. The van der Waals surface area contributed by atoms with Crippen molar-refractivity contribution in [3.63, 3.8) is 0 Å². The van der Waals surface area contributed by atoms with Crippen molar-refractivity contribution < 1.29 is 9.84 Å². The summed E-state index contributed by atoms with van der Waals surface area (Å²) < 4.78 is 5.45. The highest BCUT2D eigenvalue weighted by atomic mass is 16.7. The molecule has 0 amide bonds. The number of benzene rings is 1. The maximum atomic E-state index is 10.0. The summed E-state index contributed by atoms with van der Waals surface area (Å²) in [7, 11) is 0. The van der Waals surface area contributed by atoms with E-state index in [2.05, 4.69) is 12.1 Å². The summed E-state index contributed by atoms with van der Waals surface area (Å²) in [5.74, 6) is -1.06. The van der Waals surface area contributed by atoms with Crippen molar-refractivity contribution in [2.75, 3.05) is 0 Å². The molecular formula is C13H10O2. The van der Waals surface area contributed by atoms with Crippen LogP contribution in [-0.4, -0.2) is 16.5 Å². The van der Waals surface area contributed by atoms with E-state index in [4.69, 9.17) is 4.74 Å². The summed E-state index contributed by atoms with van der Waals surface area (Å²) in [6.45, 7) is 1.95. The lowest BCUT2D eigenvalue weighted by Crippen LogP contribution is -2.29. The van der Waals surface area contributed by atoms with E-state index < -0.39 is 11.4 Å². The molecule has 3 aliphatic rings. The second-order valence-corrected chi connectivity index (χ2v) is 4.50. The first-order chi connectivity index (χ1) is 7.16. The number of hydrogen-bond acceptors (Lipinski definition) is 2. The number of aliphatic hydroxyl groups is 1. The number of hydrogen-bond donors (Lipinski definition) is 1. The average molecular weight is 198 g/mol. The van der Waals surface area contributed by atoms with Crippen molar-refractivity contribution in [1.82, 2.24) is 0 Å². The summed E-state index contributed by atoms with van der Waals surface area (Å²) in [6, 6.07) is 8.24. The first kappa shape index (κ1) is 7.85. The minimum atomic E-state index is -1.06. The van der Waals surface area contributed by atoms with Crippen LogP contribution in [0.3, 0.4) is 0 Å². The summed E-state index contributed by atoms with van der Waals surface area (Å²) >= 11 is 0. The minimum Gasteiger partial charge on any atom is -0.360 e. The van der Waals surface area contributed by atoms with Crippen LogP contribution in [-0.2, 0) is 4.74 Å². The molecule has 1 heterocycles. The lowest BCUT2D eigenvalue weighted by Gasteiger charge is -2.31. The molecule has 1 fully saturated rings. The number of epoxide rings is 1. The molecule has 15 heavy (non-hydrogen) atoms. The predicted molar refractivity (Wildman–Crippen MR) is 56.8 cm³/mol. The molecule has 4 rings (SSSR count). The normalized spacial score (nSPS) is 39.1. The van der Waals surface area contributed by atoms with Gasteiger partial charge in [0.15, 0.2) is 5.60 Å². The number of allylic oxidation sites excluding steroid dienone is 2. The van der Waals surface area contributed by atoms with Gasteiger partial charge in [0, 0.05) is 5.57 Å². The molecule has 0 radical (unpaired) electrons. The van der Waals surface area contributed by atoms with Gasteiger partial charge in [0.2, 0.25) is 5.79 Å². The third kappa shape index (κ3) is 0.655. The molecule has 1 N–H and O–H groups in total. The van der Waals surface area contributed by atoms with Crippen LogP contribution in [0.2, 0.25) is 0 Å². The van der Waals surface area contributed by atoms with Crippen molar-refractivity contribution in [2.24, 2.45) is 0 Å². The van der Waals surface area contributed by atoms with Gasteiger partial charge in [0.25, 0.3) is 0 Å². The van der Waals surface area contributed by atoms with E-state index in [1.165, 1.54) is 16.7 Å². The Kier molecular flexibility index (Phi) is 1.02. The highest BCUT2D eigenvalue weighted by molar-refractivity contribution is 6.12. The largest absolute Gasteiger partial charge is 0.360 e. The zero-order chi connectivity index (χ0) is 10.3. The standard InChI is InChI=1S/C13H10O2/c1-12-11-9-5-3-2-4-8(9)10(11)6-7-13(12,14)15-12/h2-7,14H,1H3. The van der Waals surface area contributed by atoms with Gasteiger partial charge in [-0.25, -0.2) is 0 Å². The monoisotopic (exact) mass is 198 g/mol. The van der Waals surface area contributed by atoms with Gasteiger partial charge in [0.1, 0.15) is 0 Å². The third-order valence-electron chi connectivity index (χ3n) is 3.71. The van der Waals surface area contributed by atoms with Gasteiger partial charge in [-0.2, -0.15) is 0 Å². The molecule has 74 valence electrons. The topological polar surface area (TPSA) is 32.8 Å². The molecule has 1 aromatic rings. The SMILES string of the molecule is CC12OC1(O)C=CC1=C2c2ccccc21. The smallest absolute Gasteiger partial charge is 0.221 e. The van der Waals surface area contributed by atoms with Crippen LogP contribution >= 0.6 is 0 Å². The highest BCUT2D eigenvalue weighted by Crippen LogP contribution is 2.64. The second-order valence-electron chi connectivity index (χ2n) is 4.50. The van der Waals surface area contributed by atoms with E-state index in [9.17, 15) is 5.11 Å². The van der Waals surface area contributed by atoms with Gasteiger partial charge in [-0.15, -0.1) is 0 Å². The van der Waals surface area contributed by atoms with Gasteiger partial charge in [-0.1, -0.05) is 30.3 Å². The lowest BCUT2D eigenvalue weighted by molar-refractivity contribution is 0.0826. The molecule has 1 aromatic carbocycles. The van der Waals surface area contributed by atoms with Crippen molar-refractivity contribution in [3.05, 3.63) is 47.5 Å². The number of fused-ring (bicyclic) bond motifs is 5. The highest BCUT2D eigenvalue weighted by Gasteiger charge is 2.70. The minimum absolute atomic E-state index is 0.508. The molecule has 2 atom stereocenters. The summed E-state index contributed by atoms with van der Waals surface area (Å²) in [5.41, 5.74) is 4.35. The fourth-order valence-electron chi connectivity index (χ4n) is 2.75. The van der Waals surface area contributed by atoms with Crippen LogP contribution in [0, 0.1) is 0 Å². The Morgan fingerprint density at radius 3 is 2.73 bits per heavy atom. The third-order valence-corrected chi connectivity index (χ3v) is 3.71. The fraction of sp³-hybridized carbons (Fsp3) is 0.231. The van der Waals surface area contributed by atoms with Crippen LogP contribution in [0.25, 0.3) is 11.1 Å². The summed E-state index contributed by atoms with van der Waals surface area (Å²) in [6.07, 6.45) is 3.72. The van der Waals surface area contributed by atoms with E-state index in [0.717, 1.165) is 5.57 Å². The molecule has 2 nitrogen and oxygen atoms in total. The maximum Gasteiger partial charge on any atom is 0.221 e. The maximum absolute atomic E-state index is 10.0. The Labute approximate surface area is 87.5 Å². The zero-order valence-corrected chi connectivity index (χ0v) is 8.32. The van der Waals surface area contributed by atoms with Crippen LogP contribution in [0.1, 0.15) is 18.1 Å². The molecule has 0 bridgehead atoms. The molecule has 0 spiro atoms. The van der Waals surface area contributed by atoms with Crippen LogP contribution in [0.15, 0.2) is 36.4 Å². The van der Waals surface area contributed by atoms with Gasteiger partial charge in [-0.3, -0.25) is 0 Å². The Hall–Kier alpha value is -1.38. The Bertz CT molecular complexity index is 555. The summed E-state index contributed by atoms with van der Waals surface area (Å²) in [4.78, 5) is 0. The Morgan fingerprint density at radius 1 is 1.20 bits per heavy atom. The van der Waals surface area contributed by atoms with Gasteiger partial charge in [0.05, 0.1) is 0 Å². The Morgan fingerprint density at radius 2 is 1.93 bits per heavy atom. The van der Waals surface area contributed by atoms with Gasteiger partial charge >= 0.3 is 0 Å². The van der Waals surface area contributed by atoms with Crippen LogP contribution in [0.4, 0.5) is 0 Å². The predicted octanol–water partition coefficient (Wildman–Crippen LogP) is 1.96. The van der Waals surface area contributed by atoms with Crippen molar-refractivity contribution >= 4 is 11.1 Å². The van der Waals surface area contributed by atoms with E-state index in [1.807, 2.05) is 25.1 Å². The number of rotatable bonds is 0. The van der Waals surface area contributed by atoms with E-state index in [1.54, 1.807) is 6.08 Å². The molecule has 0 aromatic heterocycles. The first-order valence-corrected chi connectivity index (χ1v) is 5.12. The second kappa shape index (κ2) is 1.94. The van der Waals surface area contributed by atoms with Crippen molar-refractivity contribution in [2.45, 2.75) is 18.3 Å². The zero-order valence-electron chi connectivity index (χ0n) is 8.32. The van der Waals surface area contributed by atoms with Crippen LogP contribution in [0.5, 0.6) is 0 Å². The Balaban J connectivity index is 1.97. The van der Waals surface area contributed by atoms with Crippen molar-refractivity contribution in [1.29, 1.82) is 0 Å². The van der Waals surface area contributed by atoms with Gasteiger partial charge in [-0.05, 0) is 29.7 Å². The molecular weight excluding hydrogens is 188 g/mol.